The van der Waals surface area contributed by atoms with E-state index in [0.29, 0.717) is 10.9 Å². The molecule has 0 aliphatic heterocycles. The molecule has 0 unspecified atom stereocenters. The standard InChI is InChI=1S/C17H22N4O2S/c1-5-24-15-19-14(22)20(12-17(2,3)4)16(23)21(15)18-11-13-9-7-6-8-10-13/h6-11H,5,12H2,1-4H3. The molecule has 128 valence electrons. The summed E-state index contributed by atoms with van der Waals surface area (Å²) in [5.74, 6) is 0.690. The zero-order valence-electron chi connectivity index (χ0n) is 14.4. The number of thioether (sulfide) groups is 1. The van der Waals surface area contributed by atoms with Crippen LogP contribution >= 0.6 is 11.8 Å². The Morgan fingerprint density at radius 3 is 2.46 bits per heavy atom. The largest absolute Gasteiger partial charge is 0.355 e. The molecule has 0 aliphatic carbocycles. The van der Waals surface area contributed by atoms with E-state index in [2.05, 4.69) is 10.1 Å². The van der Waals surface area contributed by atoms with Crippen LogP contribution in [0.3, 0.4) is 0 Å². The molecule has 0 bridgehead atoms. The van der Waals surface area contributed by atoms with Crippen molar-refractivity contribution in [3.8, 4) is 0 Å². The van der Waals surface area contributed by atoms with Gasteiger partial charge in [-0.2, -0.15) is 14.8 Å². The Balaban J connectivity index is 2.55. The molecule has 7 heteroatoms. The molecule has 0 radical (unpaired) electrons. The lowest BCUT2D eigenvalue weighted by molar-refractivity contribution is 0.318. The minimum atomic E-state index is -0.531. The highest BCUT2D eigenvalue weighted by atomic mass is 32.2. The Kier molecular flexibility index (Phi) is 5.77. The summed E-state index contributed by atoms with van der Waals surface area (Å²) < 4.78 is 2.34. The van der Waals surface area contributed by atoms with Crippen LogP contribution in [-0.4, -0.2) is 26.2 Å². The summed E-state index contributed by atoms with van der Waals surface area (Å²) in [6, 6.07) is 9.47. The van der Waals surface area contributed by atoms with Crippen LogP contribution in [0, 0.1) is 5.41 Å². The van der Waals surface area contributed by atoms with Crippen molar-refractivity contribution >= 4 is 18.0 Å². The van der Waals surface area contributed by atoms with Crippen molar-refractivity contribution < 1.29 is 0 Å². The van der Waals surface area contributed by atoms with Gasteiger partial charge in [0.05, 0.1) is 6.21 Å². The molecule has 0 aliphatic rings. The average Bonchev–Trinajstić information content (AvgIpc) is 2.51. The monoisotopic (exact) mass is 346 g/mol. The van der Waals surface area contributed by atoms with Crippen molar-refractivity contribution in [1.29, 1.82) is 0 Å². The number of nitrogens with zero attached hydrogens (tertiary/aromatic N) is 4. The van der Waals surface area contributed by atoms with E-state index in [0.717, 1.165) is 10.1 Å². The summed E-state index contributed by atoms with van der Waals surface area (Å²) >= 11 is 1.32. The molecule has 1 aromatic heterocycles. The summed E-state index contributed by atoms with van der Waals surface area (Å²) in [6.07, 6.45) is 1.59. The smallest absolute Gasteiger partial charge is 0.245 e. The zero-order valence-corrected chi connectivity index (χ0v) is 15.2. The van der Waals surface area contributed by atoms with Crippen LogP contribution in [0.15, 0.2) is 50.2 Å². The number of hydrogen-bond donors (Lipinski definition) is 0. The van der Waals surface area contributed by atoms with Gasteiger partial charge in [0.2, 0.25) is 0 Å². The molecule has 0 N–H and O–H groups in total. The van der Waals surface area contributed by atoms with Gasteiger partial charge in [-0.15, -0.1) is 0 Å². The fourth-order valence-electron chi connectivity index (χ4n) is 2.06. The van der Waals surface area contributed by atoms with Crippen LogP contribution in [0.2, 0.25) is 0 Å². The average molecular weight is 346 g/mol. The molecule has 1 heterocycles. The minimum Gasteiger partial charge on any atom is -0.245 e. The van der Waals surface area contributed by atoms with Gasteiger partial charge in [-0.25, -0.2) is 14.2 Å². The molecule has 1 aromatic carbocycles. The predicted molar refractivity (Wildman–Crippen MR) is 98.0 cm³/mol. The van der Waals surface area contributed by atoms with Gasteiger partial charge in [0.1, 0.15) is 0 Å². The molecule has 0 saturated carbocycles. The molecular formula is C17H22N4O2S. The molecule has 0 amide bonds. The zero-order chi connectivity index (χ0) is 17.7. The molecule has 0 atom stereocenters. The van der Waals surface area contributed by atoms with Crippen LogP contribution in [0.1, 0.15) is 33.3 Å². The van der Waals surface area contributed by atoms with Crippen molar-refractivity contribution in [3.05, 3.63) is 56.9 Å². The third kappa shape index (κ3) is 4.67. The van der Waals surface area contributed by atoms with E-state index >= 15 is 0 Å². The maximum absolute atomic E-state index is 12.7. The molecule has 2 aromatic rings. The van der Waals surface area contributed by atoms with E-state index in [1.807, 2.05) is 58.0 Å². The van der Waals surface area contributed by atoms with Crippen LogP contribution in [0.5, 0.6) is 0 Å². The lowest BCUT2D eigenvalue weighted by Crippen LogP contribution is -2.43. The maximum atomic E-state index is 12.7. The quantitative estimate of drug-likeness (QED) is 0.616. The third-order valence-electron chi connectivity index (χ3n) is 3.04. The summed E-state index contributed by atoms with van der Waals surface area (Å²) in [5, 5.41) is 4.57. The highest BCUT2D eigenvalue weighted by Crippen LogP contribution is 2.15. The van der Waals surface area contributed by atoms with E-state index in [4.69, 9.17) is 0 Å². The molecule has 0 fully saturated rings. The molecule has 0 saturated heterocycles. The number of aromatic nitrogens is 3. The summed E-state index contributed by atoms with van der Waals surface area (Å²) in [4.78, 5) is 29.0. The van der Waals surface area contributed by atoms with Gasteiger partial charge in [-0.3, -0.25) is 0 Å². The predicted octanol–water partition coefficient (Wildman–Crippen LogP) is 2.45. The highest BCUT2D eigenvalue weighted by molar-refractivity contribution is 7.99. The van der Waals surface area contributed by atoms with Gasteiger partial charge in [-0.05, 0) is 16.7 Å². The van der Waals surface area contributed by atoms with E-state index in [1.165, 1.54) is 16.4 Å². The normalized spacial score (nSPS) is 12.0. The SMILES string of the molecule is CCSc1nc(=O)n(CC(C)(C)C)c(=O)n1N=Cc1ccccc1. The number of hydrogen-bond acceptors (Lipinski definition) is 5. The first-order valence-corrected chi connectivity index (χ1v) is 8.76. The molecular weight excluding hydrogens is 324 g/mol. The molecule has 2 rings (SSSR count). The molecule has 24 heavy (non-hydrogen) atoms. The first kappa shape index (κ1) is 18.2. The summed E-state index contributed by atoms with van der Waals surface area (Å²) in [5.41, 5.74) is -0.346. The fraction of sp³-hybridized carbons (Fsp3) is 0.412. The summed E-state index contributed by atoms with van der Waals surface area (Å²) in [7, 11) is 0. The van der Waals surface area contributed by atoms with E-state index in [9.17, 15) is 9.59 Å². The lowest BCUT2D eigenvalue weighted by Gasteiger charge is -2.19. The first-order valence-electron chi connectivity index (χ1n) is 7.78. The van der Waals surface area contributed by atoms with Crippen molar-refractivity contribution in [2.75, 3.05) is 5.75 Å². The Morgan fingerprint density at radius 1 is 1.21 bits per heavy atom. The third-order valence-corrected chi connectivity index (χ3v) is 3.85. The van der Waals surface area contributed by atoms with Gasteiger partial charge < -0.3 is 0 Å². The Bertz CT molecular complexity index is 832. The van der Waals surface area contributed by atoms with Crippen molar-refractivity contribution in [2.45, 2.75) is 39.4 Å². The second kappa shape index (κ2) is 7.61. The topological polar surface area (TPSA) is 69.2 Å². The van der Waals surface area contributed by atoms with Crippen molar-refractivity contribution in [3.63, 3.8) is 0 Å². The Morgan fingerprint density at radius 2 is 1.88 bits per heavy atom. The van der Waals surface area contributed by atoms with Gasteiger partial charge in [0.15, 0.2) is 5.16 Å². The van der Waals surface area contributed by atoms with Gasteiger partial charge in [0.25, 0.3) is 0 Å². The Hall–Kier alpha value is -2.15. The van der Waals surface area contributed by atoms with Gasteiger partial charge >= 0.3 is 11.4 Å². The van der Waals surface area contributed by atoms with Crippen LogP contribution in [0.4, 0.5) is 0 Å². The van der Waals surface area contributed by atoms with E-state index in [1.54, 1.807) is 6.21 Å². The minimum absolute atomic E-state index is 0.217. The van der Waals surface area contributed by atoms with E-state index in [-0.39, 0.29) is 12.0 Å². The second-order valence-electron chi connectivity index (χ2n) is 6.51. The second-order valence-corrected chi connectivity index (χ2v) is 7.74. The highest BCUT2D eigenvalue weighted by Gasteiger charge is 2.18. The van der Waals surface area contributed by atoms with Crippen molar-refractivity contribution in [1.82, 2.24) is 14.2 Å². The lowest BCUT2D eigenvalue weighted by atomic mass is 9.97. The van der Waals surface area contributed by atoms with Crippen LogP contribution < -0.4 is 11.4 Å². The fourth-order valence-corrected chi connectivity index (χ4v) is 2.71. The van der Waals surface area contributed by atoms with Gasteiger partial charge in [-0.1, -0.05) is 69.8 Å². The first-order chi connectivity index (χ1) is 11.3. The molecule has 6 nitrogen and oxygen atoms in total. The van der Waals surface area contributed by atoms with Crippen LogP contribution in [-0.2, 0) is 6.54 Å². The maximum Gasteiger partial charge on any atom is 0.355 e. The van der Waals surface area contributed by atoms with Gasteiger partial charge in [0, 0.05) is 6.54 Å². The van der Waals surface area contributed by atoms with Crippen molar-refractivity contribution in [2.24, 2.45) is 10.5 Å². The molecule has 0 spiro atoms. The van der Waals surface area contributed by atoms with Crippen LogP contribution in [0.25, 0.3) is 0 Å². The number of benzene rings is 1. The van der Waals surface area contributed by atoms with E-state index < -0.39 is 11.4 Å². The summed E-state index contributed by atoms with van der Waals surface area (Å²) in [6.45, 7) is 8.11. The number of rotatable bonds is 5. The Labute approximate surface area is 145 Å².